The van der Waals surface area contributed by atoms with E-state index in [1.54, 1.807) is 12.2 Å². The third-order valence-corrected chi connectivity index (χ3v) is 4.15. The molecule has 142 valence electrons. The molecule has 0 bridgehead atoms. The number of carbonyl (C=O) groups is 3. The van der Waals surface area contributed by atoms with Crippen molar-refractivity contribution < 1.29 is 18.8 Å². The number of amides is 4. The summed E-state index contributed by atoms with van der Waals surface area (Å²) in [4.78, 5) is 39.5. The van der Waals surface area contributed by atoms with Crippen LogP contribution in [0.4, 0.5) is 20.6 Å². The first-order valence-electron chi connectivity index (χ1n) is 8.48. The second kappa shape index (κ2) is 7.87. The standard InChI is InChI=1S/C21H18FN3O3/c1-24(2)16-10-6-14(7-11-16)4-3-5-18-19(26)23-21(28)25(20(18)27)17-12-8-15(22)9-13-17/h3-13H,1-2H3,(H,23,26,28)/b4-3+,18-5-. The molecule has 1 heterocycles. The van der Waals surface area contributed by atoms with E-state index in [0.29, 0.717) is 0 Å². The van der Waals surface area contributed by atoms with E-state index in [1.165, 1.54) is 18.2 Å². The average Bonchev–Trinajstić information content (AvgIpc) is 2.66. The number of barbiturate groups is 1. The highest BCUT2D eigenvalue weighted by atomic mass is 19.1. The Hall–Kier alpha value is -3.74. The maximum atomic E-state index is 13.1. The van der Waals surface area contributed by atoms with Crippen molar-refractivity contribution >= 4 is 35.3 Å². The van der Waals surface area contributed by atoms with Crippen molar-refractivity contribution in [2.75, 3.05) is 23.9 Å². The molecule has 0 aliphatic carbocycles. The van der Waals surface area contributed by atoms with E-state index in [2.05, 4.69) is 5.32 Å². The van der Waals surface area contributed by atoms with E-state index < -0.39 is 23.7 Å². The van der Waals surface area contributed by atoms with Crippen molar-refractivity contribution in [2.45, 2.75) is 0 Å². The molecule has 7 heteroatoms. The van der Waals surface area contributed by atoms with Gasteiger partial charge in [-0.15, -0.1) is 0 Å². The van der Waals surface area contributed by atoms with Crippen molar-refractivity contribution in [3.8, 4) is 0 Å². The van der Waals surface area contributed by atoms with Crippen LogP contribution < -0.4 is 15.1 Å². The summed E-state index contributed by atoms with van der Waals surface area (Å²) >= 11 is 0. The van der Waals surface area contributed by atoms with Gasteiger partial charge in [-0.05, 0) is 48.0 Å². The van der Waals surface area contributed by atoms with Crippen LogP contribution in [0.5, 0.6) is 0 Å². The maximum absolute atomic E-state index is 13.1. The number of hydrogen-bond acceptors (Lipinski definition) is 4. The minimum atomic E-state index is -0.873. The van der Waals surface area contributed by atoms with Gasteiger partial charge in [0.05, 0.1) is 5.69 Å². The van der Waals surface area contributed by atoms with Gasteiger partial charge in [0.15, 0.2) is 0 Å². The zero-order valence-corrected chi connectivity index (χ0v) is 15.3. The molecule has 0 atom stereocenters. The molecule has 1 aliphatic rings. The Bertz CT molecular complexity index is 977. The molecule has 4 amide bonds. The molecule has 1 saturated heterocycles. The van der Waals surface area contributed by atoms with E-state index in [-0.39, 0.29) is 11.3 Å². The smallest absolute Gasteiger partial charge is 0.335 e. The van der Waals surface area contributed by atoms with Gasteiger partial charge in [-0.1, -0.05) is 24.3 Å². The molecule has 2 aromatic carbocycles. The minimum Gasteiger partial charge on any atom is -0.378 e. The third kappa shape index (κ3) is 3.98. The fourth-order valence-electron chi connectivity index (χ4n) is 2.64. The number of nitrogens with zero attached hydrogens (tertiary/aromatic N) is 2. The maximum Gasteiger partial charge on any atom is 0.335 e. The first kappa shape index (κ1) is 19.0. The molecule has 0 spiro atoms. The lowest BCUT2D eigenvalue weighted by Crippen LogP contribution is -2.54. The summed E-state index contributed by atoms with van der Waals surface area (Å²) in [5.74, 6) is -2.04. The Morgan fingerprint density at radius 1 is 0.964 bits per heavy atom. The highest BCUT2D eigenvalue weighted by Gasteiger charge is 2.36. The van der Waals surface area contributed by atoms with E-state index in [0.717, 1.165) is 28.3 Å². The number of nitrogens with one attached hydrogen (secondary N) is 1. The molecule has 28 heavy (non-hydrogen) atoms. The fourth-order valence-corrected chi connectivity index (χ4v) is 2.64. The number of carbonyl (C=O) groups excluding carboxylic acids is 3. The van der Waals surface area contributed by atoms with Gasteiger partial charge in [0.25, 0.3) is 11.8 Å². The van der Waals surface area contributed by atoms with Gasteiger partial charge in [-0.25, -0.2) is 14.1 Å². The minimum absolute atomic E-state index is 0.172. The number of imide groups is 2. The molecular formula is C21H18FN3O3. The van der Waals surface area contributed by atoms with Crippen LogP contribution in [0.2, 0.25) is 0 Å². The Kier molecular flexibility index (Phi) is 5.35. The SMILES string of the molecule is CN(C)c1ccc(/C=C/C=C2/C(=O)NC(=O)N(c3ccc(F)cc3)C2=O)cc1. The molecule has 1 N–H and O–H groups in total. The van der Waals surface area contributed by atoms with Crippen molar-refractivity contribution in [1.29, 1.82) is 0 Å². The van der Waals surface area contributed by atoms with Crippen LogP contribution in [0, 0.1) is 5.82 Å². The second-order valence-electron chi connectivity index (χ2n) is 6.30. The summed E-state index contributed by atoms with van der Waals surface area (Å²) in [5, 5.41) is 2.12. The van der Waals surface area contributed by atoms with Gasteiger partial charge < -0.3 is 4.90 Å². The summed E-state index contributed by atoms with van der Waals surface area (Å²) in [6, 6.07) is 11.7. The molecule has 0 saturated carbocycles. The highest BCUT2D eigenvalue weighted by molar-refractivity contribution is 6.37. The first-order chi connectivity index (χ1) is 13.4. The number of rotatable bonds is 4. The first-order valence-corrected chi connectivity index (χ1v) is 8.48. The van der Waals surface area contributed by atoms with Gasteiger partial charge in [-0.3, -0.25) is 14.9 Å². The summed E-state index contributed by atoms with van der Waals surface area (Å²) in [6.45, 7) is 0. The lowest BCUT2D eigenvalue weighted by Gasteiger charge is -2.26. The molecule has 3 rings (SSSR count). The Labute approximate surface area is 161 Å². The number of benzene rings is 2. The van der Waals surface area contributed by atoms with Gasteiger partial charge in [0.2, 0.25) is 0 Å². The monoisotopic (exact) mass is 379 g/mol. The van der Waals surface area contributed by atoms with Crippen molar-refractivity contribution in [1.82, 2.24) is 5.32 Å². The Morgan fingerprint density at radius 3 is 2.21 bits per heavy atom. The van der Waals surface area contributed by atoms with E-state index in [1.807, 2.05) is 43.3 Å². The number of halogens is 1. The molecule has 2 aromatic rings. The number of allylic oxidation sites excluding steroid dienone is 2. The fraction of sp³-hybridized carbons (Fsp3) is 0.0952. The predicted molar refractivity (Wildman–Crippen MR) is 105 cm³/mol. The van der Waals surface area contributed by atoms with Crippen LogP contribution in [0.25, 0.3) is 6.08 Å². The van der Waals surface area contributed by atoms with Gasteiger partial charge in [-0.2, -0.15) is 0 Å². The summed E-state index contributed by atoms with van der Waals surface area (Å²) in [7, 11) is 3.88. The highest BCUT2D eigenvalue weighted by Crippen LogP contribution is 2.21. The Balaban J connectivity index is 1.83. The average molecular weight is 379 g/mol. The van der Waals surface area contributed by atoms with Gasteiger partial charge in [0, 0.05) is 19.8 Å². The quantitative estimate of drug-likeness (QED) is 0.655. The zero-order valence-electron chi connectivity index (χ0n) is 15.3. The number of urea groups is 1. The largest absolute Gasteiger partial charge is 0.378 e. The van der Waals surface area contributed by atoms with Crippen LogP contribution in [0.15, 0.2) is 66.3 Å². The molecule has 1 fully saturated rings. The molecule has 0 radical (unpaired) electrons. The van der Waals surface area contributed by atoms with Crippen LogP contribution in [0.1, 0.15) is 5.56 Å². The molecular weight excluding hydrogens is 361 g/mol. The molecule has 0 unspecified atom stereocenters. The number of anilines is 2. The van der Waals surface area contributed by atoms with Crippen LogP contribution in [0.3, 0.4) is 0 Å². The molecule has 1 aliphatic heterocycles. The van der Waals surface area contributed by atoms with Gasteiger partial charge in [0.1, 0.15) is 11.4 Å². The van der Waals surface area contributed by atoms with Crippen LogP contribution >= 0.6 is 0 Å². The third-order valence-electron chi connectivity index (χ3n) is 4.15. The predicted octanol–water partition coefficient (Wildman–Crippen LogP) is 3.11. The summed E-state index contributed by atoms with van der Waals surface area (Å²) in [5.41, 5.74) is 1.92. The van der Waals surface area contributed by atoms with E-state index in [9.17, 15) is 18.8 Å². The lowest BCUT2D eigenvalue weighted by atomic mass is 10.1. The number of hydrogen-bond donors (Lipinski definition) is 1. The lowest BCUT2D eigenvalue weighted by molar-refractivity contribution is -0.122. The van der Waals surface area contributed by atoms with E-state index in [4.69, 9.17) is 0 Å². The summed E-state index contributed by atoms with van der Waals surface area (Å²) < 4.78 is 13.1. The molecule has 0 aromatic heterocycles. The van der Waals surface area contributed by atoms with Crippen molar-refractivity contribution in [3.05, 3.63) is 77.6 Å². The van der Waals surface area contributed by atoms with Crippen molar-refractivity contribution in [3.63, 3.8) is 0 Å². The Morgan fingerprint density at radius 2 is 1.61 bits per heavy atom. The van der Waals surface area contributed by atoms with Gasteiger partial charge >= 0.3 is 6.03 Å². The van der Waals surface area contributed by atoms with Crippen molar-refractivity contribution in [2.24, 2.45) is 0 Å². The van der Waals surface area contributed by atoms with Crippen LogP contribution in [-0.2, 0) is 9.59 Å². The van der Waals surface area contributed by atoms with Crippen LogP contribution in [-0.4, -0.2) is 31.9 Å². The normalized spacial score (nSPS) is 16.0. The van der Waals surface area contributed by atoms with E-state index >= 15 is 0 Å². The summed E-state index contributed by atoms with van der Waals surface area (Å²) in [6.07, 6.45) is 4.66. The molecule has 6 nitrogen and oxygen atoms in total. The second-order valence-corrected chi connectivity index (χ2v) is 6.30. The zero-order chi connectivity index (χ0) is 20.3. The topological polar surface area (TPSA) is 69.7 Å².